The van der Waals surface area contributed by atoms with E-state index in [0.717, 1.165) is 23.5 Å². The second-order valence-corrected chi connectivity index (χ2v) is 2.98. The van der Waals surface area contributed by atoms with Gasteiger partial charge in [0.2, 0.25) is 0 Å². The van der Waals surface area contributed by atoms with E-state index in [2.05, 4.69) is 10.3 Å². The summed E-state index contributed by atoms with van der Waals surface area (Å²) in [5.74, 6) is 0.0825. The number of nitrogens with one attached hydrogen (secondary N) is 1. The average molecular weight is 174 g/mol. The number of ketones is 1. The van der Waals surface area contributed by atoms with Gasteiger partial charge >= 0.3 is 0 Å². The van der Waals surface area contributed by atoms with E-state index in [1.54, 1.807) is 13.0 Å². The fraction of sp³-hybridized carbons (Fsp3) is 0.200. The number of rotatable bonds is 1. The molecule has 0 aromatic heterocycles. The zero-order valence-corrected chi connectivity index (χ0v) is 7.37. The van der Waals surface area contributed by atoms with Crippen molar-refractivity contribution >= 4 is 23.4 Å². The first-order valence-corrected chi connectivity index (χ1v) is 4.19. The van der Waals surface area contributed by atoms with Crippen molar-refractivity contribution in [3.8, 4) is 0 Å². The summed E-state index contributed by atoms with van der Waals surface area (Å²) < 4.78 is 0. The number of Topliss-reactive ketones (excluding diaryl/α,β-unsaturated/α-hetero) is 1. The molecular weight excluding hydrogens is 164 g/mol. The third-order valence-electron chi connectivity index (χ3n) is 2.02. The standard InChI is InChI=1S/C10H10N2O/c1-7(13)8-2-3-9-10(6-8)12-5-4-11-9/h2-4,6,12H,5H2,1H3. The highest BCUT2D eigenvalue weighted by atomic mass is 16.1. The third kappa shape index (κ3) is 1.45. The second kappa shape index (κ2) is 3.01. The number of fused-ring (bicyclic) bond motifs is 1. The first-order valence-electron chi connectivity index (χ1n) is 4.19. The summed E-state index contributed by atoms with van der Waals surface area (Å²) in [5, 5.41) is 3.16. The molecule has 13 heavy (non-hydrogen) atoms. The molecule has 3 heteroatoms. The van der Waals surface area contributed by atoms with Gasteiger partial charge in [-0.1, -0.05) is 0 Å². The largest absolute Gasteiger partial charge is 0.378 e. The van der Waals surface area contributed by atoms with E-state index in [0.29, 0.717) is 0 Å². The number of benzene rings is 1. The molecule has 0 fully saturated rings. The van der Waals surface area contributed by atoms with Crippen molar-refractivity contribution in [1.82, 2.24) is 0 Å². The molecule has 66 valence electrons. The van der Waals surface area contributed by atoms with Crippen LogP contribution in [0.1, 0.15) is 17.3 Å². The minimum Gasteiger partial charge on any atom is -0.378 e. The number of carbonyl (C=O) groups is 1. The lowest BCUT2D eigenvalue weighted by Gasteiger charge is -2.12. The highest BCUT2D eigenvalue weighted by Crippen LogP contribution is 2.27. The monoisotopic (exact) mass is 174 g/mol. The van der Waals surface area contributed by atoms with Crippen molar-refractivity contribution in [2.75, 3.05) is 11.9 Å². The van der Waals surface area contributed by atoms with Gasteiger partial charge in [-0.25, -0.2) is 0 Å². The van der Waals surface area contributed by atoms with Crippen LogP contribution in [0.3, 0.4) is 0 Å². The summed E-state index contributed by atoms with van der Waals surface area (Å²) in [5.41, 5.74) is 2.56. The molecule has 0 saturated heterocycles. The van der Waals surface area contributed by atoms with Gasteiger partial charge in [0.15, 0.2) is 5.78 Å². The van der Waals surface area contributed by atoms with Gasteiger partial charge in [-0.2, -0.15) is 0 Å². The van der Waals surface area contributed by atoms with E-state index in [1.807, 2.05) is 18.3 Å². The predicted octanol–water partition coefficient (Wildman–Crippen LogP) is 2.02. The Hall–Kier alpha value is -1.64. The maximum Gasteiger partial charge on any atom is 0.159 e. The number of aliphatic imine (C=N–C) groups is 1. The van der Waals surface area contributed by atoms with E-state index in [9.17, 15) is 4.79 Å². The lowest BCUT2D eigenvalue weighted by Crippen LogP contribution is -2.07. The van der Waals surface area contributed by atoms with Gasteiger partial charge in [0, 0.05) is 11.8 Å². The molecule has 0 saturated carbocycles. The Kier molecular flexibility index (Phi) is 1.85. The van der Waals surface area contributed by atoms with Gasteiger partial charge in [0.25, 0.3) is 0 Å². The van der Waals surface area contributed by atoms with Gasteiger partial charge in [-0.15, -0.1) is 0 Å². The molecule has 1 aliphatic rings. The average Bonchev–Trinajstić information content (AvgIpc) is 2.17. The Morgan fingerprint density at radius 3 is 3.15 bits per heavy atom. The van der Waals surface area contributed by atoms with Crippen LogP contribution < -0.4 is 5.32 Å². The van der Waals surface area contributed by atoms with Crippen molar-refractivity contribution < 1.29 is 4.79 Å². The van der Waals surface area contributed by atoms with Crippen LogP contribution in [0.5, 0.6) is 0 Å². The predicted molar refractivity (Wildman–Crippen MR) is 53.1 cm³/mol. The van der Waals surface area contributed by atoms with Crippen molar-refractivity contribution in [2.24, 2.45) is 4.99 Å². The second-order valence-electron chi connectivity index (χ2n) is 2.98. The first-order chi connectivity index (χ1) is 6.27. The maximum absolute atomic E-state index is 11.1. The van der Waals surface area contributed by atoms with Gasteiger partial charge in [-0.05, 0) is 25.1 Å². The first kappa shape index (κ1) is 7.98. The minimum absolute atomic E-state index is 0.0825. The lowest BCUT2D eigenvalue weighted by atomic mass is 10.1. The summed E-state index contributed by atoms with van der Waals surface area (Å²) in [6.07, 6.45) is 1.82. The zero-order chi connectivity index (χ0) is 9.26. The Bertz CT molecular complexity index is 383. The molecule has 0 unspecified atom stereocenters. The van der Waals surface area contributed by atoms with Crippen molar-refractivity contribution in [1.29, 1.82) is 0 Å². The molecule has 0 aliphatic carbocycles. The number of hydrogen-bond acceptors (Lipinski definition) is 3. The van der Waals surface area contributed by atoms with Gasteiger partial charge < -0.3 is 5.32 Å². The molecule has 3 nitrogen and oxygen atoms in total. The molecule has 1 aromatic carbocycles. The molecular formula is C10H10N2O. The van der Waals surface area contributed by atoms with Gasteiger partial charge in [-0.3, -0.25) is 9.79 Å². The molecule has 0 spiro atoms. The summed E-state index contributed by atoms with van der Waals surface area (Å²) >= 11 is 0. The Balaban J connectivity index is 2.48. The summed E-state index contributed by atoms with van der Waals surface area (Å²) in [6.45, 7) is 2.29. The SMILES string of the molecule is CC(=O)c1ccc2c(c1)NCC=N2. The van der Waals surface area contributed by atoms with Crippen LogP contribution in [-0.2, 0) is 0 Å². The highest BCUT2D eigenvalue weighted by Gasteiger charge is 2.07. The lowest BCUT2D eigenvalue weighted by molar-refractivity contribution is 0.101. The number of nitrogens with zero attached hydrogens (tertiary/aromatic N) is 1. The molecule has 0 amide bonds. The smallest absolute Gasteiger partial charge is 0.159 e. The van der Waals surface area contributed by atoms with E-state index in [-0.39, 0.29) is 5.78 Å². The Labute approximate surface area is 76.5 Å². The fourth-order valence-electron chi connectivity index (χ4n) is 1.31. The Morgan fingerprint density at radius 2 is 2.38 bits per heavy atom. The summed E-state index contributed by atoms with van der Waals surface area (Å²) in [6, 6.07) is 5.49. The van der Waals surface area contributed by atoms with Crippen LogP contribution >= 0.6 is 0 Å². The van der Waals surface area contributed by atoms with Crippen molar-refractivity contribution in [2.45, 2.75) is 6.92 Å². The van der Waals surface area contributed by atoms with Crippen LogP contribution in [0, 0.1) is 0 Å². The van der Waals surface area contributed by atoms with Crippen molar-refractivity contribution in [3.05, 3.63) is 23.8 Å². The molecule has 0 bridgehead atoms. The summed E-state index contributed by atoms with van der Waals surface area (Å²) in [4.78, 5) is 15.3. The van der Waals surface area contributed by atoms with Crippen LogP contribution in [0.25, 0.3) is 0 Å². The molecule has 1 N–H and O–H groups in total. The molecule has 0 atom stereocenters. The molecule has 2 rings (SSSR count). The molecule has 1 aromatic rings. The van der Waals surface area contributed by atoms with E-state index >= 15 is 0 Å². The summed E-state index contributed by atoms with van der Waals surface area (Å²) in [7, 11) is 0. The third-order valence-corrected chi connectivity index (χ3v) is 2.02. The normalized spacial score (nSPS) is 13.3. The highest BCUT2D eigenvalue weighted by molar-refractivity contribution is 5.96. The van der Waals surface area contributed by atoms with E-state index < -0.39 is 0 Å². The topological polar surface area (TPSA) is 41.5 Å². The van der Waals surface area contributed by atoms with Crippen LogP contribution in [0.2, 0.25) is 0 Å². The molecule has 1 aliphatic heterocycles. The van der Waals surface area contributed by atoms with Crippen LogP contribution in [0.15, 0.2) is 23.2 Å². The van der Waals surface area contributed by atoms with E-state index in [4.69, 9.17) is 0 Å². The number of hydrogen-bond donors (Lipinski definition) is 1. The molecule has 0 radical (unpaired) electrons. The van der Waals surface area contributed by atoms with E-state index in [1.165, 1.54) is 0 Å². The van der Waals surface area contributed by atoms with Crippen LogP contribution in [-0.4, -0.2) is 18.5 Å². The van der Waals surface area contributed by atoms with Crippen molar-refractivity contribution in [3.63, 3.8) is 0 Å². The fourth-order valence-corrected chi connectivity index (χ4v) is 1.31. The zero-order valence-electron chi connectivity index (χ0n) is 7.37. The number of carbonyl (C=O) groups excluding carboxylic acids is 1. The Morgan fingerprint density at radius 1 is 1.54 bits per heavy atom. The maximum atomic E-state index is 11.1. The quantitative estimate of drug-likeness (QED) is 0.662. The van der Waals surface area contributed by atoms with Gasteiger partial charge in [0.05, 0.1) is 17.9 Å². The molecule has 1 heterocycles. The number of anilines is 1. The minimum atomic E-state index is 0.0825. The van der Waals surface area contributed by atoms with Gasteiger partial charge in [0.1, 0.15) is 0 Å². The van der Waals surface area contributed by atoms with Crippen LogP contribution in [0.4, 0.5) is 11.4 Å².